The highest BCUT2D eigenvalue weighted by molar-refractivity contribution is 7.09. The molecule has 16 heavy (non-hydrogen) atoms. The number of rotatable bonds is 5. The molecule has 1 aromatic heterocycles. The predicted molar refractivity (Wildman–Crippen MR) is 60.2 cm³/mol. The Kier molecular flexibility index (Phi) is 4.98. The number of hydrogen-bond acceptors (Lipinski definition) is 5. The first-order valence-corrected chi connectivity index (χ1v) is 5.83. The maximum absolute atomic E-state index is 11.6. The van der Waals surface area contributed by atoms with Crippen molar-refractivity contribution in [2.75, 3.05) is 13.7 Å². The van der Waals surface area contributed by atoms with E-state index >= 15 is 0 Å². The second kappa shape index (κ2) is 6.27. The van der Waals surface area contributed by atoms with E-state index in [9.17, 15) is 9.59 Å². The van der Waals surface area contributed by atoms with Crippen molar-refractivity contribution in [2.45, 2.75) is 13.3 Å². The summed E-state index contributed by atoms with van der Waals surface area (Å²) in [7, 11) is 1.27. The third-order valence-electron chi connectivity index (χ3n) is 2.04. The average Bonchev–Trinajstić information content (AvgIpc) is 2.78. The Morgan fingerprint density at radius 1 is 1.44 bits per heavy atom. The molecule has 88 valence electrons. The van der Waals surface area contributed by atoms with Crippen molar-refractivity contribution in [1.82, 2.24) is 0 Å². The van der Waals surface area contributed by atoms with Gasteiger partial charge in [-0.3, -0.25) is 9.59 Å². The van der Waals surface area contributed by atoms with Crippen molar-refractivity contribution < 1.29 is 19.1 Å². The van der Waals surface area contributed by atoms with Crippen molar-refractivity contribution in [2.24, 2.45) is 5.92 Å². The van der Waals surface area contributed by atoms with E-state index < -0.39 is 17.9 Å². The largest absolute Gasteiger partial charge is 0.468 e. The van der Waals surface area contributed by atoms with Crippen LogP contribution in [0.5, 0.6) is 0 Å². The van der Waals surface area contributed by atoms with Crippen molar-refractivity contribution in [3.63, 3.8) is 0 Å². The minimum Gasteiger partial charge on any atom is -0.468 e. The van der Waals surface area contributed by atoms with Crippen LogP contribution in [0.2, 0.25) is 0 Å². The molecule has 0 aliphatic heterocycles. The fourth-order valence-electron chi connectivity index (χ4n) is 1.28. The number of esters is 2. The van der Waals surface area contributed by atoms with Crippen LogP contribution < -0.4 is 0 Å². The standard InChI is InChI=1S/C11H14O4S/c1-3-15-11(13)9(10(12)14-2)7-8-5-4-6-16-8/h4-6,9H,3,7H2,1-2H3. The molecule has 0 amide bonds. The van der Waals surface area contributed by atoms with Gasteiger partial charge in [-0.2, -0.15) is 0 Å². The Morgan fingerprint density at radius 3 is 2.69 bits per heavy atom. The third-order valence-corrected chi connectivity index (χ3v) is 2.94. The van der Waals surface area contributed by atoms with Crippen molar-refractivity contribution >= 4 is 23.3 Å². The number of hydrogen-bond donors (Lipinski definition) is 0. The summed E-state index contributed by atoms with van der Waals surface area (Å²) in [6, 6.07) is 3.75. The predicted octanol–water partition coefficient (Wildman–Crippen LogP) is 1.64. The zero-order valence-electron chi connectivity index (χ0n) is 9.26. The molecule has 0 spiro atoms. The quantitative estimate of drug-likeness (QED) is 0.582. The second-order valence-corrected chi connectivity index (χ2v) is 4.14. The van der Waals surface area contributed by atoms with E-state index in [4.69, 9.17) is 4.74 Å². The number of carbonyl (C=O) groups excluding carboxylic acids is 2. The van der Waals surface area contributed by atoms with Crippen LogP contribution in [0.3, 0.4) is 0 Å². The Labute approximate surface area is 98.2 Å². The van der Waals surface area contributed by atoms with Gasteiger partial charge >= 0.3 is 11.9 Å². The van der Waals surface area contributed by atoms with Crippen LogP contribution >= 0.6 is 11.3 Å². The molecule has 5 heteroatoms. The minimum atomic E-state index is -0.858. The van der Waals surface area contributed by atoms with Crippen LogP contribution in [0, 0.1) is 5.92 Å². The lowest BCUT2D eigenvalue weighted by atomic mass is 10.1. The molecule has 4 nitrogen and oxygen atoms in total. The molecular formula is C11H14O4S. The van der Waals surface area contributed by atoms with Gasteiger partial charge in [0.1, 0.15) is 0 Å². The zero-order valence-corrected chi connectivity index (χ0v) is 10.1. The molecule has 1 atom stereocenters. The molecule has 1 aromatic rings. The topological polar surface area (TPSA) is 52.6 Å². The number of carbonyl (C=O) groups is 2. The summed E-state index contributed by atoms with van der Waals surface area (Å²) < 4.78 is 9.43. The Balaban J connectivity index is 2.71. The first kappa shape index (κ1) is 12.7. The highest BCUT2D eigenvalue weighted by Gasteiger charge is 2.29. The van der Waals surface area contributed by atoms with Crippen LogP contribution in [-0.2, 0) is 25.5 Å². The van der Waals surface area contributed by atoms with E-state index in [0.29, 0.717) is 6.42 Å². The molecule has 0 aliphatic carbocycles. The van der Waals surface area contributed by atoms with Gasteiger partial charge in [-0.1, -0.05) is 6.07 Å². The maximum Gasteiger partial charge on any atom is 0.320 e. The summed E-state index contributed by atoms with van der Waals surface area (Å²) in [5.41, 5.74) is 0. The molecule has 0 radical (unpaired) electrons. The van der Waals surface area contributed by atoms with E-state index in [1.54, 1.807) is 6.92 Å². The Hall–Kier alpha value is -1.36. The molecule has 1 rings (SSSR count). The van der Waals surface area contributed by atoms with Crippen LogP contribution in [-0.4, -0.2) is 25.7 Å². The van der Waals surface area contributed by atoms with Crippen molar-refractivity contribution in [3.05, 3.63) is 22.4 Å². The minimum absolute atomic E-state index is 0.261. The molecule has 0 aliphatic rings. The molecule has 0 saturated carbocycles. The van der Waals surface area contributed by atoms with Gasteiger partial charge in [-0.15, -0.1) is 11.3 Å². The van der Waals surface area contributed by atoms with Crippen LogP contribution in [0.25, 0.3) is 0 Å². The van der Waals surface area contributed by atoms with Crippen LogP contribution in [0.4, 0.5) is 0 Å². The molecule has 0 saturated heterocycles. The summed E-state index contributed by atoms with van der Waals surface area (Å²) in [4.78, 5) is 23.9. The van der Waals surface area contributed by atoms with Gasteiger partial charge < -0.3 is 9.47 Å². The molecule has 0 fully saturated rings. The number of thiophene rings is 1. The van der Waals surface area contributed by atoms with E-state index in [2.05, 4.69) is 4.74 Å². The van der Waals surface area contributed by atoms with Gasteiger partial charge in [-0.05, 0) is 18.4 Å². The lowest BCUT2D eigenvalue weighted by molar-refractivity contribution is -0.160. The highest BCUT2D eigenvalue weighted by Crippen LogP contribution is 2.16. The van der Waals surface area contributed by atoms with Crippen LogP contribution in [0.15, 0.2) is 17.5 Å². The molecule has 1 heterocycles. The fraction of sp³-hybridized carbons (Fsp3) is 0.455. The first-order valence-electron chi connectivity index (χ1n) is 4.95. The summed E-state index contributed by atoms with van der Waals surface area (Å²) in [6.07, 6.45) is 0.336. The summed E-state index contributed by atoms with van der Waals surface area (Å²) in [5, 5.41) is 1.90. The number of methoxy groups -OCH3 is 1. The van der Waals surface area contributed by atoms with E-state index in [0.717, 1.165) is 4.88 Å². The SMILES string of the molecule is CCOC(=O)C(Cc1cccs1)C(=O)OC. The molecule has 0 aromatic carbocycles. The Bertz CT molecular complexity index is 345. The monoisotopic (exact) mass is 242 g/mol. The van der Waals surface area contributed by atoms with Gasteiger partial charge in [0, 0.05) is 11.3 Å². The summed E-state index contributed by atoms with van der Waals surface area (Å²) in [5.74, 6) is -1.93. The van der Waals surface area contributed by atoms with Gasteiger partial charge in [0.2, 0.25) is 0 Å². The van der Waals surface area contributed by atoms with Crippen LogP contribution in [0.1, 0.15) is 11.8 Å². The van der Waals surface area contributed by atoms with E-state index in [-0.39, 0.29) is 6.61 Å². The smallest absolute Gasteiger partial charge is 0.320 e. The van der Waals surface area contributed by atoms with Gasteiger partial charge in [0.05, 0.1) is 13.7 Å². The van der Waals surface area contributed by atoms with Gasteiger partial charge in [0.25, 0.3) is 0 Å². The molecule has 1 unspecified atom stereocenters. The second-order valence-electron chi connectivity index (χ2n) is 3.11. The maximum atomic E-state index is 11.6. The van der Waals surface area contributed by atoms with E-state index in [1.807, 2.05) is 17.5 Å². The lowest BCUT2D eigenvalue weighted by Gasteiger charge is -2.12. The first-order chi connectivity index (χ1) is 7.69. The Morgan fingerprint density at radius 2 is 2.19 bits per heavy atom. The van der Waals surface area contributed by atoms with Crippen molar-refractivity contribution in [1.29, 1.82) is 0 Å². The molecule has 0 bridgehead atoms. The average molecular weight is 242 g/mol. The van der Waals surface area contributed by atoms with Gasteiger partial charge in [0.15, 0.2) is 5.92 Å². The lowest BCUT2D eigenvalue weighted by Crippen LogP contribution is -2.29. The van der Waals surface area contributed by atoms with Crippen molar-refractivity contribution in [3.8, 4) is 0 Å². The van der Waals surface area contributed by atoms with E-state index in [1.165, 1.54) is 18.4 Å². The zero-order chi connectivity index (χ0) is 12.0. The number of ether oxygens (including phenoxy) is 2. The normalized spacial score (nSPS) is 11.9. The molecular weight excluding hydrogens is 228 g/mol. The molecule has 0 N–H and O–H groups in total. The summed E-state index contributed by atoms with van der Waals surface area (Å²) >= 11 is 1.50. The fourth-order valence-corrected chi connectivity index (χ4v) is 2.03. The highest BCUT2D eigenvalue weighted by atomic mass is 32.1. The third kappa shape index (κ3) is 3.34. The van der Waals surface area contributed by atoms with Gasteiger partial charge in [-0.25, -0.2) is 0 Å². The summed E-state index contributed by atoms with van der Waals surface area (Å²) in [6.45, 7) is 1.97.